The molecule has 1 fully saturated rings. The maximum atomic E-state index is 12.8. The third-order valence-electron chi connectivity index (χ3n) is 5.50. The Bertz CT molecular complexity index is 1150. The molecule has 0 saturated carbocycles. The highest BCUT2D eigenvalue weighted by molar-refractivity contribution is 6.05. The summed E-state index contributed by atoms with van der Waals surface area (Å²) in [7, 11) is 4.53. The van der Waals surface area contributed by atoms with E-state index in [4.69, 9.17) is 18.9 Å². The van der Waals surface area contributed by atoms with Crippen molar-refractivity contribution >= 4 is 28.9 Å². The fraction of sp³-hybridized carbons (Fsp3) is 0.320. The van der Waals surface area contributed by atoms with Gasteiger partial charge in [0.25, 0.3) is 5.91 Å². The number of aromatic nitrogens is 2. The molecular formula is C25H29N5O5. The van der Waals surface area contributed by atoms with Crippen LogP contribution >= 0.6 is 0 Å². The van der Waals surface area contributed by atoms with Crippen LogP contribution in [0.4, 0.5) is 23.0 Å². The van der Waals surface area contributed by atoms with Gasteiger partial charge in [0.05, 0.1) is 34.5 Å². The molecule has 0 atom stereocenters. The summed E-state index contributed by atoms with van der Waals surface area (Å²) in [6, 6.07) is 12.5. The van der Waals surface area contributed by atoms with E-state index in [1.807, 2.05) is 37.3 Å². The van der Waals surface area contributed by atoms with Gasteiger partial charge >= 0.3 is 0 Å². The van der Waals surface area contributed by atoms with E-state index in [0.717, 1.165) is 24.6 Å². The predicted molar refractivity (Wildman–Crippen MR) is 134 cm³/mol. The Kier molecular flexibility index (Phi) is 7.51. The van der Waals surface area contributed by atoms with Gasteiger partial charge in [0.1, 0.15) is 17.5 Å². The molecule has 35 heavy (non-hydrogen) atoms. The molecule has 2 N–H and O–H groups in total. The van der Waals surface area contributed by atoms with Gasteiger partial charge in [-0.15, -0.1) is 0 Å². The first-order valence-corrected chi connectivity index (χ1v) is 11.2. The number of rotatable bonds is 8. The monoisotopic (exact) mass is 479 g/mol. The zero-order valence-corrected chi connectivity index (χ0v) is 20.3. The highest BCUT2D eigenvalue weighted by Gasteiger charge is 2.17. The quantitative estimate of drug-likeness (QED) is 0.501. The lowest BCUT2D eigenvalue weighted by atomic mass is 10.1. The normalized spacial score (nSPS) is 13.2. The molecule has 1 aliphatic rings. The van der Waals surface area contributed by atoms with Crippen LogP contribution in [0.2, 0.25) is 0 Å². The van der Waals surface area contributed by atoms with Crippen molar-refractivity contribution in [2.75, 3.05) is 63.2 Å². The minimum atomic E-state index is -0.299. The molecule has 4 rings (SSSR count). The van der Waals surface area contributed by atoms with Crippen LogP contribution in [0, 0.1) is 6.92 Å². The van der Waals surface area contributed by atoms with Gasteiger partial charge in [-0.05, 0) is 43.3 Å². The first kappa shape index (κ1) is 24.1. The lowest BCUT2D eigenvalue weighted by Gasteiger charge is -2.28. The summed E-state index contributed by atoms with van der Waals surface area (Å²) >= 11 is 0. The van der Waals surface area contributed by atoms with Crippen LogP contribution in [0.3, 0.4) is 0 Å². The van der Waals surface area contributed by atoms with E-state index in [1.165, 1.54) is 21.3 Å². The maximum absolute atomic E-state index is 12.8. The van der Waals surface area contributed by atoms with Crippen molar-refractivity contribution in [3.05, 3.63) is 53.9 Å². The van der Waals surface area contributed by atoms with E-state index in [9.17, 15) is 4.79 Å². The molecule has 10 heteroatoms. The molecule has 3 aromatic rings. The average Bonchev–Trinajstić information content (AvgIpc) is 2.89. The Morgan fingerprint density at radius 2 is 1.54 bits per heavy atom. The van der Waals surface area contributed by atoms with Crippen molar-refractivity contribution in [3.8, 4) is 17.2 Å². The van der Waals surface area contributed by atoms with Crippen LogP contribution in [-0.2, 0) is 4.74 Å². The molecule has 0 spiro atoms. The zero-order valence-electron chi connectivity index (χ0n) is 20.3. The Balaban J connectivity index is 1.45. The van der Waals surface area contributed by atoms with Gasteiger partial charge in [-0.1, -0.05) is 0 Å². The third kappa shape index (κ3) is 5.72. The number of hydrogen-bond donors (Lipinski definition) is 2. The van der Waals surface area contributed by atoms with E-state index in [2.05, 4.69) is 25.5 Å². The molecule has 0 unspecified atom stereocenters. The second-order valence-electron chi connectivity index (χ2n) is 7.83. The largest absolute Gasteiger partial charge is 0.493 e. The zero-order chi connectivity index (χ0) is 24.8. The lowest BCUT2D eigenvalue weighted by Crippen LogP contribution is -2.36. The van der Waals surface area contributed by atoms with E-state index in [-0.39, 0.29) is 5.91 Å². The van der Waals surface area contributed by atoms with E-state index < -0.39 is 0 Å². The third-order valence-corrected chi connectivity index (χ3v) is 5.50. The fourth-order valence-electron chi connectivity index (χ4n) is 3.77. The van der Waals surface area contributed by atoms with Gasteiger partial charge in [-0.3, -0.25) is 4.79 Å². The summed E-state index contributed by atoms with van der Waals surface area (Å²) in [4.78, 5) is 24.1. The van der Waals surface area contributed by atoms with Crippen LogP contribution in [0.25, 0.3) is 0 Å². The van der Waals surface area contributed by atoms with Crippen molar-refractivity contribution in [2.24, 2.45) is 0 Å². The SMILES string of the molecule is COc1cc(C(=O)Nc2ccc(Nc3cc(N4CCOCC4)nc(C)n3)cc2)cc(OC)c1OC. The molecule has 1 aliphatic heterocycles. The summed E-state index contributed by atoms with van der Waals surface area (Å²) < 4.78 is 21.4. The predicted octanol–water partition coefficient (Wildman–Crippen LogP) is 3.64. The summed E-state index contributed by atoms with van der Waals surface area (Å²) in [6.07, 6.45) is 0. The molecule has 1 amide bonds. The number of methoxy groups -OCH3 is 3. The van der Waals surface area contributed by atoms with Gasteiger partial charge < -0.3 is 34.5 Å². The number of carbonyl (C=O) groups excluding carboxylic acids is 1. The molecule has 2 aromatic carbocycles. The Labute approximate surface area is 204 Å². The summed E-state index contributed by atoms with van der Waals surface area (Å²) in [6.45, 7) is 4.85. The van der Waals surface area contributed by atoms with Crippen molar-refractivity contribution in [1.82, 2.24) is 9.97 Å². The Morgan fingerprint density at radius 3 is 2.14 bits per heavy atom. The van der Waals surface area contributed by atoms with Crippen molar-refractivity contribution in [3.63, 3.8) is 0 Å². The van der Waals surface area contributed by atoms with Crippen LogP contribution in [0.1, 0.15) is 16.2 Å². The summed E-state index contributed by atoms with van der Waals surface area (Å²) in [5.74, 6) is 3.21. The second-order valence-corrected chi connectivity index (χ2v) is 7.83. The smallest absolute Gasteiger partial charge is 0.255 e. The average molecular weight is 480 g/mol. The number of aryl methyl sites for hydroxylation is 1. The summed E-state index contributed by atoms with van der Waals surface area (Å²) in [5, 5.41) is 6.20. The van der Waals surface area contributed by atoms with Crippen LogP contribution < -0.4 is 29.7 Å². The minimum absolute atomic E-state index is 0.299. The van der Waals surface area contributed by atoms with Crippen molar-refractivity contribution < 1.29 is 23.7 Å². The molecule has 184 valence electrons. The number of nitrogens with zero attached hydrogens (tertiary/aromatic N) is 3. The lowest BCUT2D eigenvalue weighted by molar-refractivity contribution is 0.102. The second kappa shape index (κ2) is 10.9. The maximum Gasteiger partial charge on any atom is 0.255 e. The number of morpholine rings is 1. The van der Waals surface area contributed by atoms with E-state index in [0.29, 0.717) is 53.4 Å². The number of anilines is 4. The highest BCUT2D eigenvalue weighted by Crippen LogP contribution is 2.38. The molecule has 10 nitrogen and oxygen atoms in total. The standard InChI is InChI=1S/C25H29N5O5/c1-16-26-22(15-23(27-16)30-9-11-35-12-10-30)28-18-5-7-19(8-6-18)29-25(31)17-13-20(32-2)24(34-4)21(14-17)33-3/h5-8,13-15H,9-12H2,1-4H3,(H,29,31)(H,26,27,28). The number of ether oxygens (including phenoxy) is 4. The minimum Gasteiger partial charge on any atom is -0.493 e. The van der Waals surface area contributed by atoms with E-state index in [1.54, 1.807) is 12.1 Å². The first-order valence-electron chi connectivity index (χ1n) is 11.2. The van der Waals surface area contributed by atoms with Crippen molar-refractivity contribution in [1.29, 1.82) is 0 Å². The van der Waals surface area contributed by atoms with Gasteiger partial charge in [-0.25, -0.2) is 9.97 Å². The molecule has 1 aromatic heterocycles. The number of benzene rings is 2. The van der Waals surface area contributed by atoms with E-state index >= 15 is 0 Å². The Hall–Kier alpha value is -4.05. The molecule has 0 radical (unpaired) electrons. The molecule has 2 heterocycles. The number of hydrogen-bond acceptors (Lipinski definition) is 9. The highest BCUT2D eigenvalue weighted by atomic mass is 16.5. The van der Waals surface area contributed by atoms with Gasteiger partial charge in [-0.2, -0.15) is 0 Å². The van der Waals surface area contributed by atoms with Crippen LogP contribution in [-0.4, -0.2) is 63.5 Å². The molecule has 0 aliphatic carbocycles. The molecular weight excluding hydrogens is 450 g/mol. The van der Waals surface area contributed by atoms with Crippen LogP contribution in [0.15, 0.2) is 42.5 Å². The van der Waals surface area contributed by atoms with Gasteiger partial charge in [0.2, 0.25) is 5.75 Å². The number of amides is 1. The molecule has 0 bridgehead atoms. The number of nitrogens with one attached hydrogen (secondary N) is 2. The topological polar surface area (TPSA) is 107 Å². The van der Waals surface area contributed by atoms with Gasteiger partial charge in [0.15, 0.2) is 11.5 Å². The van der Waals surface area contributed by atoms with Gasteiger partial charge in [0, 0.05) is 36.1 Å². The molecule has 1 saturated heterocycles. The fourth-order valence-corrected chi connectivity index (χ4v) is 3.77. The van der Waals surface area contributed by atoms with Crippen molar-refractivity contribution in [2.45, 2.75) is 6.92 Å². The van der Waals surface area contributed by atoms with Crippen LogP contribution in [0.5, 0.6) is 17.2 Å². The summed E-state index contributed by atoms with van der Waals surface area (Å²) in [5.41, 5.74) is 1.86. The Morgan fingerprint density at radius 1 is 0.914 bits per heavy atom. The number of carbonyl (C=O) groups is 1. The first-order chi connectivity index (χ1) is 17.0.